The van der Waals surface area contributed by atoms with E-state index in [0.717, 1.165) is 17.9 Å². The fourth-order valence-electron chi connectivity index (χ4n) is 2.34. The summed E-state index contributed by atoms with van der Waals surface area (Å²) in [5, 5.41) is 7.54. The van der Waals surface area contributed by atoms with Crippen molar-refractivity contribution in [3.05, 3.63) is 46.5 Å². The summed E-state index contributed by atoms with van der Waals surface area (Å²) in [5.74, 6) is 0.741. The van der Waals surface area contributed by atoms with Crippen molar-refractivity contribution in [1.82, 2.24) is 0 Å². The molecule has 1 aromatic rings. The van der Waals surface area contributed by atoms with Crippen LogP contribution in [0.4, 0.5) is 0 Å². The first kappa shape index (κ1) is 21.6. The van der Waals surface area contributed by atoms with E-state index in [0.29, 0.717) is 11.1 Å². The second-order valence-corrected chi connectivity index (χ2v) is 7.80. The topological polar surface area (TPSA) is 23.9 Å². The second-order valence-electron chi connectivity index (χ2n) is 7.80. The average Bonchev–Trinajstić information content (AvgIpc) is 2.42. The molecular weight excluding hydrogens is 278 g/mol. The van der Waals surface area contributed by atoms with Crippen molar-refractivity contribution in [2.24, 2.45) is 11.3 Å². The van der Waals surface area contributed by atoms with Gasteiger partial charge in [-0.05, 0) is 80.2 Å². The Morgan fingerprint density at radius 1 is 1.09 bits per heavy atom. The molecule has 0 fully saturated rings. The zero-order valence-electron chi connectivity index (χ0n) is 16.9. The smallest absolute Gasteiger partial charge is 0.0357 e. The predicted molar refractivity (Wildman–Crippen MR) is 106 cm³/mol. The third-order valence-corrected chi connectivity index (χ3v) is 5.01. The van der Waals surface area contributed by atoms with E-state index in [9.17, 15) is 0 Å². The van der Waals surface area contributed by atoms with E-state index in [1.807, 2.05) is 6.92 Å². The largest absolute Gasteiger partial charge is 0.305 e. The lowest BCUT2D eigenvalue weighted by Crippen LogP contribution is -2.19. The molecule has 1 aromatic carbocycles. The van der Waals surface area contributed by atoms with Gasteiger partial charge in [-0.15, -0.1) is 0 Å². The number of hydrogen-bond acceptors (Lipinski definition) is 1. The zero-order valence-corrected chi connectivity index (χ0v) is 16.9. The summed E-state index contributed by atoms with van der Waals surface area (Å²) in [6, 6.07) is 4.23. The molecule has 1 N–H and O–H groups in total. The van der Waals surface area contributed by atoms with Gasteiger partial charge in [-0.25, -0.2) is 0 Å². The van der Waals surface area contributed by atoms with Crippen LogP contribution in [0, 0.1) is 37.5 Å². The first-order valence-corrected chi connectivity index (χ1v) is 8.72. The molecule has 0 aliphatic rings. The SMILES string of the molecule is C=C(CC)CC(C)(C)C(C)C.CC(=N)c1cc(C)c(C)cc1C. The molecule has 0 saturated carbocycles. The van der Waals surface area contributed by atoms with E-state index >= 15 is 0 Å². The summed E-state index contributed by atoms with van der Waals surface area (Å²) < 4.78 is 0. The van der Waals surface area contributed by atoms with Gasteiger partial charge in [0.1, 0.15) is 0 Å². The average molecular weight is 316 g/mol. The lowest BCUT2D eigenvalue weighted by Gasteiger charge is -2.29. The molecule has 1 rings (SSSR count). The Morgan fingerprint density at radius 2 is 1.57 bits per heavy atom. The van der Waals surface area contributed by atoms with Gasteiger partial charge in [0.2, 0.25) is 0 Å². The maximum Gasteiger partial charge on any atom is 0.0357 e. The summed E-state index contributed by atoms with van der Waals surface area (Å²) in [5.41, 5.74) is 7.29. The number of allylic oxidation sites excluding steroid dienone is 1. The Bertz CT molecular complexity index is 547. The second kappa shape index (κ2) is 9.05. The van der Waals surface area contributed by atoms with Gasteiger partial charge in [-0.3, -0.25) is 0 Å². The normalized spacial score (nSPS) is 11.0. The van der Waals surface area contributed by atoms with Crippen molar-refractivity contribution < 1.29 is 0 Å². The molecule has 0 aliphatic carbocycles. The Hall–Kier alpha value is -1.37. The Morgan fingerprint density at radius 3 is 1.96 bits per heavy atom. The van der Waals surface area contributed by atoms with E-state index < -0.39 is 0 Å². The molecule has 0 heterocycles. The molecule has 0 spiro atoms. The number of benzene rings is 1. The Balaban J connectivity index is 0.000000423. The summed E-state index contributed by atoms with van der Waals surface area (Å²) in [4.78, 5) is 0. The third-order valence-electron chi connectivity index (χ3n) is 5.01. The highest BCUT2D eigenvalue weighted by Crippen LogP contribution is 2.33. The molecular formula is C22H37N. The number of aryl methyl sites for hydroxylation is 3. The van der Waals surface area contributed by atoms with Crippen LogP contribution in [0.1, 0.15) is 76.6 Å². The standard InChI is InChI=1S/C11H15N.C11H22/c1-7-5-9(3)11(10(4)12)6-8(7)2;1-7-10(4)8-11(5,6)9(2)3/h5-6,12H,1-4H3;9H,4,7-8H2,1-3,5-6H3. The van der Waals surface area contributed by atoms with E-state index in [2.05, 4.69) is 74.1 Å². The van der Waals surface area contributed by atoms with Crippen molar-refractivity contribution in [2.45, 2.75) is 75.2 Å². The van der Waals surface area contributed by atoms with E-state index in [1.165, 1.54) is 28.7 Å². The molecule has 0 radical (unpaired) electrons. The van der Waals surface area contributed by atoms with E-state index in [-0.39, 0.29) is 0 Å². The monoisotopic (exact) mass is 315 g/mol. The highest BCUT2D eigenvalue weighted by atomic mass is 14.4. The Kier molecular flexibility index (Phi) is 8.52. The predicted octanol–water partition coefficient (Wildman–Crippen LogP) is 7.02. The molecule has 0 aliphatic heterocycles. The maximum absolute atomic E-state index is 7.54. The maximum atomic E-state index is 7.54. The van der Waals surface area contributed by atoms with Gasteiger partial charge in [0.15, 0.2) is 0 Å². The minimum Gasteiger partial charge on any atom is -0.305 e. The minimum absolute atomic E-state index is 0.424. The van der Waals surface area contributed by atoms with Crippen molar-refractivity contribution in [2.75, 3.05) is 0 Å². The van der Waals surface area contributed by atoms with Crippen LogP contribution in [-0.4, -0.2) is 5.71 Å². The Labute approximate surface area is 144 Å². The van der Waals surface area contributed by atoms with Gasteiger partial charge in [-0.2, -0.15) is 0 Å². The number of nitrogens with one attached hydrogen (secondary N) is 1. The van der Waals surface area contributed by atoms with Crippen LogP contribution in [-0.2, 0) is 0 Å². The highest BCUT2D eigenvalue weighted by molar-refractivity contribution is 5.97. The first-order valence-electron chi connectivity index (χ1n) is 8.72. The molecule has 0 amide bonds. The summed E-state index contributed by atoms with van der Waals surface area (Å²) in [6.07, 6.45) is 2.29. The lowest BCUT2D eigenvalue weighted by atomic mass is 9.76. The van der Waals surface area contributed by atoms with Crippen molar-refractivity contribution >= 4 is 5.71 Å². The molecule has 0 atom stereocenters. The van der Waals surface area contributed by atoms with Gasteiger partial charge in [0, 0.05) is 5.71 Å². The van der Waals surface area contributed by atoms with Crippen LogP contribution >= 0.6 is 0 Å². The van der Waals surface area contributed by atoms with Gasteiger partial charge < -0.3 is 5.41 Å². The number of rotatable bonds is 5. The number of hydrogen-bond donors (Lipinski definition) is 1. The molecule has 130 valence electrons. The first-order chi connectivity index (χ1) is 10.4. The summed E-state index contributed by atoms with van der Waals surface area (Å²) in [6.45, 7) is 23.5. The van der Waals surface area contributed by atoms with Crippen molar-refractivity contribution in [3.63, 3.8) is 0 Å². The van der Waals surface area contributed by atoms with Crippen LogP contribution in [0.2, 0.25) is 0 Å². The lowest BCUT2D eigenvalue weighted by molar-refractivity contribution is 0.246. The third kappa shape index (κ3) is 7.16. The molecule has 1 heteroatoms. The molecule has 0 saturated heterocycles. The highest BCUT2D eigenvalue weighted by Gasteiger charge is 2.22. The van der Waals surface area contributed by atoms with Gasteiger partial charge in [0.25, 0.3) is 0 Å². The van der Waals surface area contributed by atoms with Crippen LogP contribution in [0.5, 0.6) is 0 Å². The van der Waals surface area contributed by atoms with E-state index in [1.54, 1.807) is 0 Å². The van der Waals surface area contributed by atoms with Crippen molar-refractivity contribution in [3.8, 4) is 0 Å². The minimum atomic E-state index is 0.424. The fraction of sp³-hybridized carbons (Fsp3) is 0.591. The van der Waals surface area contributed by atoms with Gasteiger partial charge in [0.05, 0.1) is 0 Å². The summed E-state index contributed by atoms with van der Waals surface area (Å²) >= 11 is 0. The van der Waals surface area contributed by atoms with E-state index in [4.69, 9.17) is 5.41 Å². The molecule has 0 aromatic heterocycles. The quantitative estimate of drug-likeness (QED) is 0.445. The van der Waals surface area contributed by atoms with Gasteiger partial charge in [-0.1, -0.05) is 52.8 Å². The van der Waals surface area contributed by atoms with Crippen LogP contribution < -0.4 is 0 Å². The van der Waals surface area contributed by atoms with Crippen molar-refractivity contribution in [1.29, 1.82) is 5.41 Å². The zero-order chi connectivity index (χ0) is 18.4. The van der Waals surface area contributed by atoms with Crippen LogP contribution in [0.25, 0.3) is 0 Å². The van der Waals surface area contributed by atoms with Gasteiger partial charge >= 0.3 is 0 Å². The summed E-state index contributed by atoms with van der Waals surface area (Å²) in [7, 11) is 0. The molecule has 23 heavy (non-hydrogen) atoms. The molecule has 0 unspecified atom stereocenters. The fourth-order valence-corrected chi connectivity index (χ4v) is 2.34. The molecule has 0 bridgehead atoms. The molecule has 1 nitrogen and oxygen atoms in total. The van der Waals surface area contributed by atoms with Crippen LogP contribution in [0.3, 0.4) is 0 Å². The van der Waals surface area contributed by atoms with Crippen LogP contribution in [0.15, 0.2) is 24.3 Å².